The minimum atomic E-state index is -0.0856. The van der Waals surface area contributed by atoms with Gasteiger partial charge in [-0.2, -0.15) is 0 Å². The fourth-order valence-corrected chi connectivity index (χ4v) is 12.2. The van der Waals surface area contributed by atoms with E-state index in [4.69, 9.17) is 4.98 Å². The Morgan fingerprint density at radius 3 is 1.72 bits per heavy atom. The highest BCUT2D eigenvalue weighted by Gasteiger charge is 2.30. The van der Waals surface area contributed by atoms with Crippen LogP contribution in [0.5, 0.6) is 0 Å². The number of benzene rings is 9. The Kier molecular flexibility index (Phi) is 6.94. The maximum absolute atomic E-state index is 5.60. The third kappa shape index (κ3) is 4.74. The highest BCUT2D eigenvalue weighted by Crippen LogP contribution is 2.51. The molecule has 0 radical (unpaired) electrons. The van der Waals surface area contributed by atoms with Gasteiger partial charge in [-0.25, -0.2) is 4.98 Å². The zero-order valence-corrected chi connectivity index (χ0v) is 38.5. The lowest BCUT2D eigenvalue weighted by molar-refractivity contribution is 0.591. The van der Waals surface area contributed by atoms with Crippen LogP contribution in [-0.2, 0) is 10.8 Å². The topological polar surface area (TPSA) is 26.6 Å². The largest absolute Gasteiger partial charge is 0.309 e. The predicted molar refractivity (Wildman–Crippen MR) is 286 cm³/mol. The Morgan fingerprint density at radius 1 is 0.373 bits per heavy atom. The Labute approximate surface area is 386 Å². The first-order valence-corrected chi connectivity index (χ1v) is 23.7. The molecule has 318 valence electrons. The van der Waals surface area contributed by atoms with Crippen LogP contribution < -0.4 is 0 Å². The van der Waals surface area contributed by atoms with Crippen LogP contribution in [0, 0.1) is 0 Å². The van der Waals surface area contributed by atoms with E-state index in [9.17, 15) is 0 Å². The van der Waals surface area contributed by atoms with Gasteiger partial charge in [-0.1, -0.05) is 139 Å². The van der Waals surface area contributed by atoms with Crippen molar-refractivity contribution in [3.63, 3.8) is 0 Å². The molecule has 0 N–H and O–H groups in total. The van der Waals surface area contributed by atoms with E-state index in [2.05, 4.69) is 225 Å². The molecule has 15 aromatic rings. The average molecular weight is 859 g/mol. The van der Waals surface area contributed by atoms with Crippen molar-refractivity contribution >= 4 is 120 Å². The fraction of sp³-hybridized carbons (Fsp3) is 0.127. The van der Waals surface area contributed by atoms with Crippen LogP contribution in [-0.4, -0.2) is 18.4 Å². The molecule has 0 aliphatic carbocycles. The zero-order chi connectivity index (χ0) is 44.8. The van der Waals surface area contributed by atoms with Gasteiger partial charge in [-0.15, -0.1) is 0 Å². The molecule has 0 spiro atoms. The van der Waals surface area contributed by atoms with E-state index in [1.165, 1.54) is 131 Å². The van der Waals surface area contributed by atoms with Crippen LogP contribution in [0.4, 0.5) is 0 Å². The van der Waals surface area contributed by atoms with Crippen LogP contribution in [0.15, 0.2) is 170 Å². The fourth-order valence-electron chi connectivity index (χ4n) is 12.2. The van der Waals surface area contributed by atoms with Gasteiger partial charge in [0, 0.05) is 65.1 Å². The molecule has 0 aliphatic rings. The molecule has 4 nitrogen and oxygen atoms in total. The summed E-state index contributed by atoms with van der Waals surface area (Å²) < 4.78 is 7.48. The maximum Gasteiger partial charge on any atom is 0.146 e. The molecule has 0 unspecified atom stereocenters. The van der Waals surface area contributed by atoms with E-state index in [-0.39, 0.29) is 10.8 Å². The second-order valence-corrected chi connectivity index (χ2v) is 21.2. The quantitative estimate of drug-likeness (QED) is 0.170. The van der Waals surface area contributed by atoms with Crippen molar-refractivity contribution in [2.45, 2.75) is 52.4 Å². The van der Waals surface area contributed by atoms with Crippen LogP contribution in [0.1, 0.15) is 52.7 Å². The number of rotatable bonds is 2. The second kappa shape index (κ2) is 12.5. The molecule has 4 heteroatoms. The summed E-state index contributed by atoms with van der Waals surface area (Å²) in [4.78, 5) is 5.60. The number of hydrogen-bond donors (Lipinski definition) is 0. The average Bonchev–Trinajstić information content (AvgIpc) is 4.13. The summed E-state index contributed by atoms with van der Waals surface area (Å²) >= 11 is 0. The summed E-state index contributed by atoms with van der Waals surface area (Å²) in [5.74, 6) is 0. The van der Waals surface area contributed by atoms with Gasteiger partial charge in [0.05, 0.1) is 44.8 Å². The molecule has 0 bridgehead atoms. The van der Waals surface area contributed by atoms with Gasteiger partial charge in [-0.05, 0) is 116 Å². The van der Waals surface area contributed by atoms with Gasteiger partial charge in [0.25, 0.3) is 0 Å². The smallest absolute Gasteiger partial charge is 0.146 e. The van der Waals surface area contributed by atoms with Crippen molar-refractivity contribution in [3.05, 3.63) is 181 Å². The normalized spacial score (nSPS) is 13.2. The molecule has 0 saturated carbocycles. The number of hydrogen-bond acceptors (Lipinski definition) is 1. The highest BCUT2D eigenvalue weighted by molar-refractivity contribution is 6.37. The summed E-state index contributed by atoms with van der Waals surface area (Å²) in [6.45, 7) is 14.1. The maximum atomic E-state index is 5.60. The summed E-state index contributed by atoms with van der Waals surface area (Å²) in [5, 5.41) is 17.8. The van der Waals surface area contributed by atoms with Crippen LogP contribution in [0.2, 0.25) is 0 Å². The van der Waals surface area contributed by atoms with Crippen molar-refractivity contribution < 1.29 is 0 Å². The lowest BCUT2D eigenvalue weighted by Crippen LogP contribution is -2.10. The van der Waals surface area contributed by atoms with Crippen molar-refractivity contribution in [1.82, 2.24) is 18.4 Å². The number of para-hydroxylation sites is 2. The SMILES string of the molecule is CC(C)(C)c1cc2c3c4ccccc4ccc3n3c4ncc5c(c6cc(C(C)(C)C)cc7c8cc9ccccc9c(-c9ccc%10c(c9)c9ccccc9n%10-c9ccccc9)c8n5c76)c4c(c1)c23. The standard InChI is InChI=1S/C63H46N4/c1-62(2,3)38-30-46-45-28-36-17-11-13-21-42(36)54(37-25-26-51-44(29-37)43-22-14-15-23-50(43)65(51)40-18-8-7-9-19-40)60(45)66-53-34-64-61-57(56(53)48(32-38)58(46)66)49-33-39(63(4,5)6)31-47-55-41-20-12-10-16-35(41)24-27-52(55)67(61)59(47)49/h7-34H,1-6H3. The molecule has 0 saturated heterocycles. The monoisotopic (exact) mass is 858 g/mol. The van der Waals surface area contributed by atoms with E-state index in [0.717, 1.165) is 16.9 Å². The minimum Gasteiger partial charge on any atom is -0.309 e. The molecule has 6 aromatic heterocycles. The van der Waals surface area contributed by atoms with Crippen molar-refractivity contribution in [1.29, 1.82) is 0 Å². The Bertz CT molecular complexity index is 4620. The van der Waals surface area contributed by atoms with E-state index in [1.54, 1.807) is 0 Å². The molecule has 15 rings (SSSR count). The summed E-state index contributed by atoms with van der Waals surface area (Å²) in [7, 11) is 0. The van der Waals surface area contributed by atoms with E-state index >= 15 is 0 Å². The van der Waals surface area contributed by atoms with E-state index < -0.39 is 0 Å². The number of pyridine rings is 1. The third-order valence-corrected chi connectivity index (χ3v) is 15.4. The van der Waals surface area contributed by atoms with Crippen LogP contribution >= 0.6 is 0 Å². The third-order valence-electron chi connectivity index (χ3n) is 15.4. The van der Waals surface area contributed by atoms with Crippen molar-refractivity contribution in [2.24, 2.45) is 0 Å². The first kappa shape index (κ1) is 37.3. The lowest BCUT2D eigenvalue weighted by Gasteiger charge is -2.20. The molecule has 0 atom stereocenters. The number of fused-ring (bicyclic) bond motifs is 19. The Morgan fingerprint density at radius 2 is 0.955 bits per heavy atom. The molecule has 67 heavy (non-hydrogen) atoms. The number of aromatic nitrogens is 4. The highest BCUT2D eigenvalue weighted by atomic mass is 15.0. The van der Waals surface area contributed by atoms with Crippen molar-refractivity contribution in [2.75, 3.05) is 0 Å². The Hall–Kier alpha value is -7.95. The molecule has 0 aliphatic heterocycles. The van der Waals surface area contributed by atoms with Crippen LogP contribution in [0.25, 0.3) is 136 Å². The molecular weight excluding hydrogens is 813 g/mol. The number of nitrogens with zero attached hydrogens (tertiary/aromatic N) is 4. The van der Waals surface area contributed by atoms with Gasteiger partial charge in [-0.3, -0.25) is 4.40 Å². The van der Waals surface area contributed by atoms with Gasteiger partial charge in [0.15, 0.2) is 0 Å². The van der Waals surface area contributed by atoms with Gasteiger partial charge in [0.2, 0.25) is 0 Å². The second-order valence-electron chi connectivity index (χ2n) is 21.2. The first-order chi connectivity index (χ1) is 32.5. The van der Waals surface area contributed by atoms with Gasteiger partial charge < -0.3 is 8.97 Å². The molecule has 0 fully saturated rings. The molecule has 0 amide bonds. The summed E-state index contributed by atoms with van der Waals surface area (Å²) in [5.41, 5.74) is 15.7. The van der Waals surface area contributed by atoms with E-state index in [0.29, 0.717) is 0 Å². The predicted octanol–water partition coefficient (Wildman–Crippen LogP) is 17.0. The molecular formula is C63H46N4. The molecule has 6 heterocycles. The van der Waals surface area contributed by atoms with Crippen LogP contribution in [0.3, 0.4) is 0 Å². The van der Waals surface area contributed by atoms with Gasteiger partial charge >= 0.3 is 0 Å². The summed E-state index contributed by atoms with van der Waals surface area (Å²) in [6.07, 6.45) is 2.19. The lowest BCUT2D eigenvalue weighted by atomic mass is 9.84. The van der Waals surface area contributed by atoms with Gasteiger partial charge in [0.1, 0.15) is 5.65 Å². The van der Waals surface area contributed by atoms with Crippen molar-refractivity contribution in [3.8, 4) is 16.8 Å². The molecule has 9 aromatic carbocycles. The Balaban J connectivity index is 1.14. The minimum absolute atomic E-state index is 0.0663. The first-order valence-electron chi connectivity index (χ1n) is 23.7. The summed E-state index contributed by atoms with van der Waals surface area (Å²) in [6, 6.07) is 61.7. The zero-order valence-electron chi connectivity index (χ0n) is 38.5. The van der Waals surface area contributed by atoms with E-state index in [1.807, 2.05) is 0 Å².